The van der Waals surface area contributed by atoms with Crippen LogP contribution in [0.4, 0.5) is 0 Å². The van der Waals surface area contributed by atoms with Crippen LogP contribution in [0.3, 0.4) is 0 Å². The Bertz CT molecular complexity index is 354. The van der Waals surface area contributed by atoms with Gasteiger partial charge in [0.05, 0.1) is 0 Å². The fraction of sp³-hybridized carbons (Fsp3) is 0.600. The Morgan fingerprint density at radius 1 is 1.28 bits per heavy atom. The van der Waals surface area contributed by atoms with Crippen LogP contribution >= 0.6 is 11.6 Å². The molecule has 2 atom stereocenters. The maximum absolute atomic E-state index is 5.96. The van der Waals surface area contributed by atoms with Crippen LogP contribution in [0.5, 0.6) is 5.75 Å². The molecule has 0 aliphatic rings. The molecule has 0 radical (unpaired) electrons. The fourth-order valence-electron chi connectivity index (χ4n) is 2.05. The molecule has 0 spiro atoms. The van der Waals surface area contributed by atoms with E-state index in [0.717, 1.165) is 18.7 Å². The van der Waals surface area contributed by atoms with Crippen LogP contribution in [0.2, 0.25) is 5.02 Å². The zero-order valence-corrected chi connectivity index (χ0v) is 12.5. The average Bonchev–Trinajstić information content (AvgIpc) is 2.27. The molecule has 1 N–H and O–H groups in total. The topological polar surface area (TPSA) is 21.3 Å². The van der Waals surface area contributed by atoms with Gasteiger partial charge in [-0.2, -0.15) is 0 Å². The van der Waals surface area contributed by atoms with Crippen molar-refractivity contribution in [2.24, 2.45) is 5.92 Å². The molecule has 0 aliphatic heterocycles. The number of hydrogen-bond acceptors (Lipinski definition) is 2. The van der Waals surface area contributed by atoms with E-state index in [9.17, 15) is 0 Å². The molecule has 0 amide bonds. The SMILES string of the molecule is CCNC(CC(C)C)C(C)Oc1cccc(Cl)c1. The Kier molecular flexibility index (Phi) is 6.51. The number of likely N-dealkylation sites (N-methyl/N-ethyl adjacent to an activating group) is 1. The van der Waals surface area contributed by atoms with Crippen molar-refractivity contribution >= 4 is 11.6 Å². The van der Waals surface area contributed by atoms with E-state index in [4.69, 9.17) is 16.3 Å². The highest BCUT2D eigenvalue weighted by Gasteiger charge is 2.19. The van der Waals surface area contributed by atoms with Crippen LogP contribution < -0.4 is 10.1 Å². The van der Waals surface area contributed by atoms with Gasteiger partial charge in [-0.25, -0.2) is 0 Å². The molecule has 0 aliphatic carbocycles. The van der Waals surface area contributed by atoms with Gasteiger partial charge >= 0.3 is 0 Å². The van der Waals surface area contributed by atoms with Crippen LogP contribution in [-0.2, 0) is 0 Å². The number of rotatable bonds is 7. The summed E-state index contributed by atoms with van der Waals surface area (Å²) in [6.45, 7) is 9.66. The first-order valence-corrected chi connectivity index (χ1v) is 7.06. The Morgan fingerprint density at radius 2 is 2.00 bits per heavy atom. The smallest absolute Gasteiger partial charge is 0.121 e. The summed E-state index contributed by atoms with van der Waals surface area (Å²) in [6, 6.07) is 7.94. The lowest BCUT2D eigenvalue weighted by Crippen LogP contribution is -2.42. The van der Waals surface area contributed by atoms with Gasteiger partial charge in [-0.1, -0.05) is 38.4 Å². The molecule has 18 heavy (non-hydrogen) atoms. The Labute approximate surface area is 116 Å². The Balaban J connectivity index is 2.62. The van der Waals surface area contributed by atoms with Crippen molar-refractivity contribution < 1.29 is 4.74 Å². The van der Waals surface area contributed by atoms with E-state index in [-0.39, 0.29) is 6.10 Å². The molecular weight excluding hydrogens is 246 g/mol. The first-order valence-electron chi connectivity index (χ1n) is 6.68. The zero-order valence-electron chi connectivity index (χ0n) is 11.7. The van der Waals surface area contributed by atoms with Crippen molar-refractivity contribution in [2.45, 2.75) is 46.3 Å². The van der Waals surface area contributed by atoms with Gasteiger partial charge in [0.15, 0.2) is 0 Å². The lowest BCUT2D eigenvalue weighted by Gasteiger charge is -2.27. The van der Waals surface area contributed by atoms with Crippen LogP contribution in [0, 0.1) is 5.92 Å². The van der Waals surface area contributed by atoms with E-state index in [2.05, 4.69) is 33.0 Å². The molecule has 1 aromatic carbocycles. The summed E-state index contributed by atoms with van der Waals surface area (Å²) in [6.07, 6.45) is 1.24. The van der Waals surface area contributed by atoms with Crippen molar-refractivity contribution in [2.75, 3.05) is 6.54 Å². The van der Waals surface area contributed by atoms with Gasteiger partial charge in [0.2, 0.25) is 0 Å². The van der Waals surface area contributed by atoms with Gasteiger partial charge in [-0.15, -0.1) is 0 Å². The second-order valence-corrected chi connectivity index (χ2v) is 5.51. The molecule has 1 rings (SSSR count). The number of nitrogens with one attached hydrogen (secondary N) is 1. The first-order chi connectivity index (χ1) is 8.52. The molecule has 2 unspecified atom stereocenters. The van der Waals surface area contributed by atoms with Crippen molar-refractivity contribution in [3.63, 3.8) is 0 Å². The third kappa shape index (κ3) is 5.28. The largest absolute Gasteiger partial charge is 0.489 e. The monoisotopic (exact) mass is 269 g/mol. The van der Waals surface area contributed by atoms with Crippen LogP contribution in [0.15, 0.2) is 24.3 Å². The van der Waals surface area contributed by atoms with Gasteiger partial charge < -0.3 is 10.1 Å². The molecule has 0 aromatic heterocycles. The van der Waals surface area contributed by atoms with Crippen LogP contribution in [-0.4, -0.2) is 18.7 Å². The summed E-state index contributed by atoms with van der Waals surface area (Å²) in [5, 5.41) is 4.20. The molecule has 1 aromatic rings. The minimum absolute atomic E-state index is 0.130. The highest BCUT2D eigenvalue weighted by Crippen LogP contribution is 2.20. The molecule has 0 fully saturated rings. The maximum atomic E-state index is 5.96. The van der Waals surface area contributed by atoms with Gasteiger partial charge in [-0.3, -0.25) is 0 Å². The molecular formula is C15H24ClNO. The average molecular weight is 270 g/mol. The summed E-state index contributed by atoms with van der Waals surface area (Å²) < 4.78 is 5.96. The quantitative estimate of drug-likeness (QED) is 0.804. The third-order valence-electron chi connectivity index (χ3n) is 2.88. The lowest BCUT2D eigenvalue weighted by molar-refractivity contribution is 0.157. The Morgan fingerprint density at radius 3 is 2.56 bits per heavy atom. The highest BCUT2D eigenvalue weighted by molar-refractivity contribution is 6.30. The molecule has 0 heterocycles. The number of hydrogen-bond donors (Lipinski definition) is 1. The summed E-state index contributed by atoms with van der Waals surface area (Å²) >= 11 is 5.96. The first kappa shape index (κ1) is 15.3. The highest BCUT2D eigenvalue weighted by atomic mass is 35.5. The molecule has 0 saturated heterocycles. The minimum atomic E-state index is 0.130. The van der Waals surface area contributed by atoms with Gasteiger partial charge in [0.1, 0.15) is 11.9 Å². The number of halogens is 1. The minimum Gasteiger partial charge on any atom is -0.489 e. The van der Waals surface area contributed by atoms with Crippen molar-refractivity contribution in [1.82, 2.24) is 5.32 Å². The standard InChI is InChI=1S/C15H24ClNO/c1-5-17-15(9-11(2)3)12(4)18-14-8-6-7-13(16)10-14/h6-8,10-12,15,17H,5,9H2,1-4H3. The van der Waals surface area contributed by atoms with E-state index in [0.29, 0.717) is 17.0 Å². The van der Waals surface area contributed by atoms with Gasteiger partial charge in [0, 0.05) is 11.1 Å². The lowest BCUT2D eigenvalue weighted by atomic mass is 10.00. The van der Waals surface area contributed by atoms with Crippen LogP contribution in [0.25, 0.3) is 0 Å². The number of ether oxygens (including phenoxy) is 1. The second kappa shape index (κ2) is 7.65. The van der Waals surface area contributed by atoms with Crippen molar-refractivity contribution in [3.05, 3.63) is 29.3 Å². The van der Waals surface area contributed by atoms with Crippen LogP contribution in [0.1, 0.15) is 34.1 Å². The second-order valence-electron chi connectivity index (χ2n) is 5.07. The Hall–Kier alpha value is -0.730. The summed E-state index contributed by atoms with van der Waals surface area (Å²) in [5.74, 6) is 1.49. The fourth-order valence-corrected chi connectivity index (χ4v) is 2.23. The predicted molar refractivity (Wildman–Crippen MR) is 78.5 cm³/mol. The summed E-state index contributed by atoms with van der Waals surface area (Å²) in [5.41, 5.74) is 0. The van der Waals surface area contributed by atoms with E-state index >= 15 is 0 Å². The normalized spacial score (nSPS) is 14.6. The van der Waals surface area contributed by atoms with Gasteiger partial charge in [0.25, 0.3) is 0 Å². The summed E-state index contributed by atoms with van der Waals surface area (Å²) in [7, 11) is 0. The zero-order chi connectivity index (χ0) is 13.5. The molecule has 102 valence electrons. The van der Waals surface area contributed by atoms with Crippen molar-refractivity contribution in [1.29, 1.82) is 0 Å². The van der Waals surface area contributed by atoms with E-state index in [1.165, 1.54) is 0 Å². The van der Waals surface area contributed by atoms with Crippen molar-refractivity contribution in [3.8, 4) is 5.75 Å². The van der Waals surface area contributed by atoms with E-state index in [1.54, 1.807) is 0 Å². The molecule has 3 heteroatoms. The predicted octanol–water partition coefficient (Wildman–Crippen LogP) is 4.13. The molecule has 2 nitrogen and oxygen atoms in total. The molecule has 0 saturated carbocycles. The third-order valence-corrected chi connectivity index (χ3v) is 3.11. The number of benzene rings is 1. The maximum Gasteiger partial charge on any atom is 0.121 e. The molecule has 0 bridgehead atoms. The van der Waals surface area contributed by atoms with Gasteiger partial charge in [-0.05, 0) is 44.0 Å². The van der Waals surface area contributed by atoms with E-state index in [1.807, 2.05) is 24.3 Å². The van der Waals surface area contributed by atoms with E-state index < -0.39 is 0 Å². The summed E-state index contributed by atoms with van der Waals surface area (Å²) in [4.78, 5) is 0.